The molecule has 0 bridgehead atoms. The molecule has 0 spiro atoms. The van der Waals surface area contributed by atoms with Crippen LogP contribution in [-0.4, -0.2) is 41.9 Å². The lowest BCUT2D eigenvalue weighted by Gasteiger charge is -2.20. The Kier molecular flexibility index (Phi) is 3.93. The van der Waals surface area contributed by atoms with E-state index >= 15 is 0 Å². The number of aliphatic hydroxyl groups excluding tert-OH is 1. The third-order valence-corrected chi connectivity index (χ3v) is 5.04. The van der Waals surface area contributed by atoms with E-state index in [0.29, 0.717) is 12.8 Å². The van der Waals surface area contributed by atoms with Crippen molar-refractivity contribution >= 4 is 21.4 Å². The van der Waals surface area contributed by atoms with Crippen molar-refractivity contribution in [3.8, 4) is 0 Å². The predicted molar refractivity (Wildman–Crippen MR) is 71.5 cm³/mol. The van der Waals surface area contributed by atoms with Gasteiger partial charge in [-0.3, -0.25) is 10.1 Å². The van der Waals surface area contributed by atoms with Crippen molar-refractivity contribution < 1.29 is 18.4 Å². The van der Waals surface area contributed by atoms with Gasteiger partial charge in [0.05, 0.1) is 11.5 Å². The molecule has 0 aliphatic heterocycles. The fourth-order valence-corrected chi connectivity index (χ4v) is 3.80. The van der Waals surface area contributed by atoms with Gasteiger partial charge < -0.3 is 10.8 Å². The number of aliphatic hydroxyl groups is 1. The van der Waals surface area contributed by atoms with Crippen LogP contribution in [0.4, 0.5) is 11.4 Å². The number of nitrogen functional groups attached to an aromatic ring is 1. The van der Waals surface area contributed by atoms with E-state index in [1.54, 1.807) is 0 Å². The molecule has 0 aromatic heterocycles. The van der Waals surface area contributed by atoms with Gasteiger partial charge in [0.15, 0.2) is 4.90 Å². The van der Waals surface area contributed by atoms with Crippen molar-refractivity contribution in [2.24, 2.45) is 0 Å². The number of sulfonamides is 1. The summed E-state index contributed by atoms with van der Waals surface area (Å²) in [6, 6.07) is 3.28. The van der Waals surface area contributed by atoms with Crippen LogP contribution in [-0.2, 0) is 10.0 Å². The molecule has 20 heavy (non-hydrogen) atoms. The molecule has 1 aliphatic carbocycles. The molecule has 2 rings (SSSR count). The Morgan fingerprint density at radius 1 is 1.45 bits per heavy atom. The zero-order valence-electron chi connectivity index (χ0n) is 10.6. The molecule has 8 nitrogen and oxygen atoms in total. The number of anilines is 1. The summed E-state index contributed by atoms with van der Waals surface area (Å²) in [4.78, 5) is 9.84. The summed E-state index contributed by atoms with van der Waals surface area (Å²) >= 11 is 0. The van der Waals surface area contributed by atoms with Gasteiger partial charge in [0.25, 0.3) is 5.69 Å². The molecule has 0 atom stereocenters. The molecule has 1 saturated carbocycles. The van der Waals surface area contributed by atoms with E-state index in [-0.39, 0.29) is 24.9 Å². The fourth-order valence-electron chi connectivity index (χ4n) is 1.98. The second-order valence-corrected chi connectivity index (χ2v) is 6.41. The van der Waals surface area contributed by atoms with Gasteiger partial charge in [-0.05, 0) is 25.0 Å². The SMILES string of the molecule is Nc1ccc(S(=O)(=O)N(CCO)C2CC2)c([N+](=O)[O-])c1. The highest BCUT2D eigenvalue weighted by molar-refractivity contribution is 7.89. The second-order valence-electron chi connectivity index (χ2n) is 4.55. The predicted octanol–water partition coefficient (Wildman–Crippen LogP) is 0.322. The standard InChI is InChI=1S/C11H15N3O5S/c12-8-1-4-11(10(7-8)14(16)17)20(18,19)13(5-6-15)9-2-3-9/h1,4,7,9,15H,2-3,5-6,12H2. The number of nitro benzene ring substituents is 1. The summed E-state index contributed by atoms with van der Waals surface area (Å²) in [6.07, 6.45) is 1.39. The van der Waals surface area contributed by atoms with Gasteiger partial charge in [0.2, 0.25) is 10.0 Å². The molecule has 0 saturated heterocycles. The van der Waals surface area contributed by atoms with Crippen LogP contribution < -0.4 is 5.73 Å². The molecular formula is C11H15N3O5S. The minimum atomic E-state index is -4.02. The normalized spacial score (nSPS) is 15.5. The van der Waals surface area contributed by atoms with Gasteiger partial charge in [-0.1, -0.05) is 0 Å². The number of hydrogen-bond acceptors (Lipinski definition) is 6. The van der Waals surface area contributed by atoms with Crippen LogP contribution >= 0.6 is 0 Å². The highest BCUT2D eigenvalue weighted by Crippen LogP contribution is 2.35. The minimum Gasteiger partial charge on any atom is -0.399 e. The Labute approximate surface area is 116 Å². The van der Waals surface area contributed by atoms with Crippen molar-refractivity contribution in [2.45, 2.75) is 23.8 Å². The van der Waals surface area contributed by atoms with Crippen LogP contribution in [0.2, 0.25) is 0 Å². The van der Waals surface area contributed by atoms with Crippen molar-refractivity contribution in [1.29, 1.82) is 0 Å². The van der Waals surface area contributed by atoms with Gasteiger partial charge >= 0.3 is 0 Å². The third kappa shape index (κ3) is 2.74. The van der Waals surface area contributed by atoms with Crippen LogP contribution in [0.1, 0.15) is 12.8 Å². The minimum absolute atomic E-state index is 0.0749. The Balaban J connectivity index is 2.50. The summed E-state index contributed by atoms with van der Waals surface area (Å²) in [5.41, 5.74) is 5.04. The van der Waals surface area contributed by atoms with Crippen molar-refractivity contribution in [1.82, 2.24) is 4.31 Å². The molecule has 3 N–H and O–H groups in total. The highest BCUT2D eigenvalue weighted by Gasteiger charge is 2.40. The molecule has 1 aromatic carbocycles. The summed E-state index contributed by atoms with van der Waals surface area (Å²) in [5.74, 6) is 0. The zero-order chi connectivity index (χ0) is 14.9. The van der Waals surface area contributed by atoms with Crippen LogP contribution in [0.3, 0.4) is 0 Å². The average molecular weight is 301 g/mol. The first-order chi connectivity index (χ1) is 9.37. The second kappa shape index (κ2) is 5.35. The lowest BCUT2D eigenvalue weighted by Crippen LogP contribution is -2.35. The Hall–Kier alpha value is -1.71. The van der Waals surface area contributed by atoms with E-state index in [9.17, 15) is 18.5 Å². The summed E-state index contributed by atoms with van der Waals surface area (Å²) in [6.45, 7) is -0.410. The van der Waals surface area contributed by atoms with Crippen molar-refractivity contribution in [3.05, 3.63) is 28.3 Å². The van der Waals surface area contributed by atoms with Crippen LogP contribution in [0, 0.1) is 10.1 Å². The van der Waals surface area contributed by atoms with E-state index in [1.807, 2.05) is 0 Å². The number of hydrogen-bond donors (Lipinski definition) is 2. The largest absolute Gasteiger partial charge is 0.399 e. The molecule has 1 fully saturated rings. The maximum Gasteiger partial charge on any atom is 0.291 e. The van der Waals surface area contributed by atoms with Gasteiger partial charge in [0, 0.05) is 24.3 Å². The monoisotopic (exact) mass is 301 g/mol. The maximum absolute atomic E-state index is 12.5. The van der Waals surface area contributed by atoms with E-state index < -0.39 is 25.5 Å². The molecule has 110 valence electrons. The van der Waals surface area contributed by atoms with Gasteiger partial charge in [-0.2, -0.15) is 4.31 Å². The van der Waals surface area contributed by atoms with Crippen LogP contribution in [0.15, 0.2) is 23.1 Å². The maximum atomic E-state index is 12.5. The van der Waals surface area contributed by atoms with Gasteiger partial charge in [0.1, 0.15) is 0 Å². The molecule has 0 radical (unpaired) electrons. The topological polar surface area (TPSA) is 127 Å². The van der Waals surface area contributed by atoms with E-state index in [4.69, 9.17) is 10.8 Å². The molecule has 0 heterocycles. The highest BCUT2D eigenvalue weighted by atomic mass is 32.2. The molecule has 1 aliphatic rings. The molecule has 9 heteroatoms. The first-order valence-corrected chi connectivity index (χ1v) is 7.48. The Morgan fingerprint density at radius 2 is 2.10 bits per heavy atom. The smallest absolute Gasteiger partial charge is 0.291 e. The lowest BCUT2D eigenvalue weighted by molar-refractivity contribution is -0.387. The van der Waals surface area contributed by atoms with Gasteiger partial charge in [-0.15, -0.1) is 0 Å². The number of rotatable bonds is 6. The summed E-state index contributed by atoms with van der Waals surface area (Å²) < 4.78 is 26.1. The molecule has 0 unspecified atom stereocenters. The zero-order valence-corrected chi connectivity index (χ0v) is 11.4. The average Bonchev–Trinajstić information content (AvgIpc) is 3.19. The molecular weight excluding hydrogens is 286 g/mol. The number of nitrogens with two attached hydrogens (primary N) is 1. The quantitative estimate of drug-likeness (QED) is 0.442. The Bertz CT molecular complexity index is 627. The molecule has 0 amide bonds. The summed E-state index contributed by atoms with van der Waals surface area (Å²) in [7, 11) is -4.02. The first-order valence-electron chi connectivity index (χ1n) is 6.04. The van der Waals surface area contributed by atoms with E-state index in [1.165, 1.54) is 6.07 Å². The van der Waals surface area contributed by atoms with Crippen LogP contribution in [0.25, 0.3) is 0 Å². The van der Waals surface area contributed by atoms with Crippen LogP contribution in [0.5, 0.6) is 0 Å². The van der Waals surface area contributed by atoms with Gasteiger partial charge in [-0.25, -0.2) is 8.42 Å². The number of nitrogens with zero attached hydrogens (tertiary/aromatic N) is 2. The third-order valence-electron chi connectivity index (χ3n) is 3.04. The van der Waals surface area contributed by atoms with E-state index in [2.05, 4.69) is 0 Å². The first kappa shape index (κ1) is 14.7. The number of benzene rings is 1. The van der Waals surface area contributed by atoms with Crippen molar-refractivity contribution in [2.75, 3.05) is 18.9 Å². The van der Waals surface area contributed by atoms with E-state index in [0.717, 1.165) is 16.4 Å². The lowest BCUT2D eigenvalue weighted by atomic mass is 10.3. The Morgan fingerprint density at radius 3 is 2.60 bits per heavy atom. The molecule has 1 aromatic rings. The number of nitro groups is 1. The van der Waals surface area contributed by atoms with Crippen molar-refractivity contribution in [3.63, 3.8) is 0 Å². The summed E-state index contributed by atoms with van der Waals surface area (Å²) in [5, 5.41) is 20.0. The fraction of sp³-hybridized carbons (Fsp3) is 0.455.